The molecule has 1 aliphatic carbocycles. The predicted octanol–water partition coefficient (Wildman–Crippen LogP) is 2.24. The second-order valence-electron chi connectivity index (χ2n) is 4.51. The molecule has 2 N–H and O–H groups in total. The molecule has 0 amide bonds. The van der Waals surface area contributed by atoms with Gasteiger partial charge in [0.05, 0.1) is 13.0 Å². The molecule has 3 nitrogen and oxygen atoms in total. The van der Waals surface area contributed by atoms with Crippen LogP contribution < -0.4 is 5.73 Å². The lowest BCUT2D eigenvalue weighted by Gasteiger charge is -2.24. The highest BCUT2D eigenvalue weighted by atomic mass is 16.5. The molecule has 0 heterocycles. The first kappa shape index (κ1) is 12.5. The summed E-state index contributed by atoms with van der Waals surface area (Å²) in [5, 5.41) is 0. The average molecular weight is 213 g/mol. The lowest BCUT2D eigenvalue weighted by Crippen LogP contribution is -2.28. The molecular weight excluding hydrogens is 190 g/mol. The molecule has 1 fully saturated rings. The summed E-state index contributed by atoms with van der Waals surface area (Å²) in [4.78, 5) is 11.2. The molecule has 0 aromatic heterocycles. The van der Waals surface area contributed by atoms with Crippen LogP contribution in [-0.4, -0.2) is 18.6 Å². The standard InChI is InChI=1S/C12H23NO2/c1-2-15-12(14)9-11(13)8-10-6-4-3-5-7-10/h10-11H,2-9,13H2,1H3. The summed E-state index contributed by atoms with van der Waals surface area (Å²) in [6.45, 7) is 2.28. The summed E-state index contributed by atoms with van der Waals surface area (Å²) in [5.41, 5.74) is 5.93. The van der Waals surface area contributed by atoms with E-state index in [9.17, 15) is 4.79 Å². The first-order valence-corrected chi connectivity index (χ1v) is 6.13. The van der Waals surface area contributed by atoms with E-state index >= 15 is 0 Å². The van der Waals surface area contributed by atoms with Crippen LogP contribution in [0.3, 0.4) is 0 Å². The zero-order valence-electron chi connectivity index (χ0n) is 9.71. The van der Waals surface area contributed by atoms with Crippen molar-refractivity contribution in [1.82, 2.24) is 0 Å². The van der Waals surface area contributed by atoms with E-state index < -0.39 is 0 Å². The molecule has 1 aliphatic rings. The van der Waals surface area contributed by atoms with Crippen LogP contribution in [-0.2, 0) is 9.53 Å². The van der Waals surface area contributed by atoms with Crippen LogP contribution in [0.4, 0.5) is 0 Å². The summed E-state index contributed by atoms with van der Waals surface area (Å²) >= 11 is 0. The molecule has 0 aromatic rings. The molecule has 3 heteroatoms. The first-order valence-electron chi connectivity index (χ1n) is 6.13. The minimum Gasteiger partial charge on any atom is -0.466 e. The number of rotatable bonds is 5. The van der Waals surface area contributed by atoms with Crippen molar-refractivity contribution < 1.29 is 9.53 Å². The van der Waals surface area contributed by atoms with Gasteiger partial charge in [-0.05, 0) is 19.3 Å². The second-order valence-corrected chi connectivity index (χ2v) is 4.51. The van der Waals surface area contributed by atoms with Crippen molar-refractivity contribution in [1.29, 1.82) is 0 Å². The fourth-order valence-corrected chi connectivity index (χ4v) is 2.37. The van der Waals surface area contributed by atoms with Crippen molar-refractivity contribution >= 4 is 5.97 Å². The predicted molar refractivity (Wildman–Crippen MR) is 60.4 cm³/mol. The van der Waals surface area contributed by atoms with Gasteiger partial charge in [-0.15, -0.1) is 0 Å². The zero-order chi connectivity index (χ0) is 11.1. The zero-order valence-corrected chi connectivity index (χ0v) is 9.71. The third-order valence-corrected chi connectivity index (χ3v) is 3.10. The first-order chi connectivity index (χ1) is 7.22. The van der Waals surface area contributed by atoms with E-state index in [2.05, 4.69) is 0 Å². The van der Waals surface area contributed by atoms with Crippen LogP contribution in [0, 0.1) is 5.92 Å². The molecule has 1 rings (SSSR count). The molecule has 1 saturated carbocycles. The highest BCUT2D eigenvalue weighted by Gasteiger charge is 2.18. The number of nitrogens with two attached hydrogens (primary N) is 1. The largest absolute Gasteiger partial charge is 0.466 e. The Labute approximate surface area is 92.4 Å². The van der Waals surface area contributed by atoms with Crippen molar-refractivity contribution in [3.8, 4) is 0 Å². The number of ether oxygens (including phenoxy) is 1. The highest BCUT2D eigenvalue weighted by molar-refractivity contribution is 5.70. The molecule has 0 bridgehead atoms. The summed E-state index contributed by atoms with van der Waals surface area (Å²) < 4.78 is 4.88. The van der Waals surface area contributed by atoms with Crippen LogP contribution in [0.5, 0.6) is 0 Å². The molecule has 15 heavy (non-hydrogen) atoms. The second kappa shape index (κ2) is 6.83. The van der Waals surface area contributed by atoms with Gasteiger partial charge < -0.3 is 10.5 Å². The number of hydrogen-bond acceptors (Lipinski definition) is 3. The van der Waals surface area contributed by atoms with E-state index in [0.717, 1.165) is 12.3 Å². The van der Waals surface area contributed by atoms with Crippen molar-refractivity contribution in [3.63, 3.8) is 0 Å². The minimum absolute atomic E-state index is 0.00727. The molecule has 1 unspecified atom stereocenters. The maximum Gasteiger partial charge on any atom is 0.307 e. The Morgan fingerprint density at radius 1 is 1.40 bits per heavy atom. The molecule has 1 atom stereocenters. The molecule has 0 radical (unpaired) electrons. The lowest BCUT2D eigenvalue weighted by molar-refractivity contribution is -0.143. The lowest BCUT2D eigenvalue weighted by atomic mass is 9.84. The third kappa shape index (κ3) is 5.17. The van der Waals surface area contributed by atoms with E-state index in [0.29, 0.717) is 13.0 Å². The van der Waals surface area contributed by atoms with Crippen LogP contribution in [0.2, 0.25) is 0 Å². The normalized spacial score (nSPS) is 19.9. The van der Waals surface area contributed by atoms with Gasteiger partial charge in [-0.25, -0.2) is 0 Å². The van der Waals surface area contributed by atoms with Gasteiger partial charge in [-0.3, -0.25) is 4.79 Å². The molecule has 0 saturated heterocycles. The fraction of sp³-hybridized carbons (Fsp3) is 0.917. The third-order valence-electron chi connectivity index (χ3n) is 3.10. The minimum atomic E-state index is -0.152. The monoisotopic (exact) mass is 213 g/mol. The van der Waals surface area contributed by atoms with Crippen molar-refractivity contribution in [3.05, 3.63) is 0 Å². The number of esters is 1. The van der Waals surface area contributed by atoms with Crippen molar-refractivity contribution in [2.75, 3.05) is 6.61 Å². The molecule has 0 aromatic carbocycles. The van der Waals surface area contributed by atoms with Crippen molar-refractivity contribution in [2.45, 2.75) is 57.9 Å². The van der Waals surface area contributed by atoms with Gasteiger partial charge in [-0.1, -0.05) is 32.1 Å². The van der Waals surface area contributed by atoms with Gasteiger partial charge in [0.15, 0.2) is 0 Å². The van der Waals surface area contributed by atoms with Crippen LogP contribution >= 0.6 is 0 Å². The molecule has 0 spiro atoms. The van der Waals surface area contributed by atoms with Gasteiger partial charge in [0.25, 0.3) is 0 Å². The quantitative estimate of drug-likeness (QED) is 0.712. The van der Waals surface area contributed by atoms with Crippen LogP contribution in [0.1, 0.15) is 51.9 Å². The maximum atomic E-state index is 11.2. The summed E-state index contributed by atoms with van der Waals surface area (Å²) in [5.74, 6) is 0.587. The summed E-state index contributed by atoms with van der Waals surface area (Å²) in [6, 6.07) is -0.00727. The van der Waals surface area contributed by atoms with E-state index in [1.807, 2.05) is 6.92 Å². The number of carbonyl (C=O) groups is 1. The average Bonchev–Trinajstić information content (AvgIpc) is 2.19. The van der Waals surface area contributed by atoms with E-state index in [1.165, 1.54) is 32.1 Å². The van der Waals surface area contributed by atoms with Crippen molar-refractivity contribution in [2.24, 2.45) is 11.7 Å². The molecule has 0 aliphatic heterocycles. The van der Waals surface area contributed by atoms with E-state index in [1.54, 1.807) is 0 Å². The van der Waals surface area contributed by atoms with Gasteiger partial charge in [0.2, 0.25) is 0 Å². The van der Waals surface area contributed by atoms with E-state index in [-0.39, 0.29) is 12.0 Å². The van der Waals surface area contributed by atoms with E-state index in [4.69, 9.17) is 10.5 Å². The SMILES string of the molecule is CCOC(=O)CC(N)CC1CCCCC1. The summed E-state index contributed by atoms with van der Waals surface area (Å²) in [6.07, 6.45) is 7.97. The van der Waals surface area contributed by atoms with Gasteiger partial charge in [0, 0.05) is 6.04 Å². The molecular formula is C12H23NO2. The Morgan fingerprint density at radius 2 is 2.07 bits per heavy atom. The Morgan fingerprint density at radius 3 is 2.67 bits per heavy atom. The smallest absolute Gasteiger partial charge is 0.307 e. The summed E-state index contributed by atoms with van der Waals surface area (Å²) in [7, 11) is 0. The van der Waals surface area contributed by atoms with Gasteiger partial charge in [0.1, 0.15) is 0 Å². The Balaban J connectivity index is 2.16. The Kier molecular flexibility index (Phi) is 5.69. The molecule has 88 valence electrons. The highest BCUT2D eigenvalue weighted by Crippen LogP contribution is 2.27. The maximum absolute atomic E-state index is 11.2. The Bertz CT molecular complexity index is 188. The van der Waals surface area contributed by atoms with Crippen LogP contribution in [0.25, 0.3) is 0 Å². The number of hydrogen-bond donors (Lipinski definition) is 1. The topological polar surface area (TPSA) is 52.3 Å². The van der Waals surface area contributed by atoms with Crippen LogP contribution in [0.15, 0.2) is 0 Å². The van der Waals surface area contributed by atoms with Gasteiger partial charge >= 0.3 is 5.97 Å². The number of carbonyl (C=O) groups excluding carboxylic acids is 1. The van der Waals surface area contributed by atoms with Gasteiger partial charge in [-0.2, -0.15) is 0 Å². The fourth-order valence-electron chi connectivity index (χ4n) is 2.37. The Hall–Kier alpha value is -0.570.